The Labute approximate surface area is 116 Å². The van der Waals surface area contributed by atoms with Crippen LogP contribution in [-0.4, -0.2) is 40.2 Å². The van der Waals surface area contributed by atoms with E-state index in [1.165, 1.54) is 5.69 Å². The van der Waals surface area contributed by atoms with Gasteiger partial charge < -0.3 is 15.3 Å². The maximum absolute atomic E-state index is 9.84. The molecule has 2 N–H and O–H groups in total. The number of anilines is 1. The number of nitrogens with one attached hydrogen (secondary N) is 1. The predicted molar refractivity (Wildman–Crippen MR) is 77.9 cm³/mol. The average Bonchev–Trinajstić information content (AvgIpc) is 2.97. The lowest BCUT2D eigenvalue weighted by molar-refractivity contribution is 0.154. The summed E-state index contributed by atoms with van der Waals surface area (Å²) in [5, 5.41) is 15.3. The lowest BCUT2D eigenvalue weighted by Gasteiger charge is -2.31. The molecule has 19 heavy (non-hydrogen) atoms. The zero-order valence-electron chi connectivity index (χ0n) is 11.2. The van der Waals surface area contributed by atoms with Crippen molar-refractivity contribution >= 4 is 22.1 Å². The summed E-state index contributed by atoms with van der Waals surface area (Å²) in [6, 6.07) is 0. The second-order valence-corrected chi connectivity index (χ2v) is 5.83. The Morgan fingerprint density at radius 1 is 1.58 bits per heavy atom. The summed E-state index contributed by atoms with van der Waals surface area (Å²) < 4.78 is 2.16. The third-order valence-electron chi connectivity index (χ3n) is 3.58. The fourth-order valence-electron chi connectivity index (χ4n) is 2.63. The number of aromatic nitrogens is 2. The molecule has 0 aliphatic carbocycles. The molecule has 1 saturated heterocycles. The summed E-state index contributed by atoms with van der Waals surface area (Å²) in [5.74, 6) is 1.03. The molecular weight excluding hydrogens is 260 g/mol. The second-order valence-electron chi connectivity index (χ2n) is 4.96. The highest BCUT2D eigenvalue weighted by Gasteiger charge is 2.23. The van der Waals surface area contributed by atoms with Gasteiger partial charge in [0.25, 0.3) is 0 Å². The van der Waals surface area contributed by atoms with Crippen LogP contribution in [0.15, 0.2) is 11.6 Å². The molecule has 1 fully saturated rings. The number of piperidine rings is 1. The maximum Gasteiger partial charge on any atom is 0.195 e. The summed E-state index contributed by atoms with van der Waals surface area (Å²) in [7, 11) is 0. The molecule has 104 valence electrons. The van der Waals surface area contributed by atoms with Crippen molar-refractivity contribution in [2.24, 2.45) is 0 Å². The van der Waals surface area contributed by atoms with Gasteiger partial charge in [0.05, 0.1) is 11.8 Å². The molecule has 0 amide bonds. The molecule has 1 unspecified atom stereocenters. The van der Waals surface area contributed by atoms with Crippen LogP contribution in [0.1, 0.15) is 25.5 Å². The van der Waals surface area contributed by atoms with Crippen molar-refractivity contribution in [3.8, 4) is 0 Å². The van der Waals surface area contributed by atoms with E-state index in [9.17, 15) is 5.11 Å². The van der Waals surface area contributed by atoms with Crippen molar-refractivity contribution in [2.45, 2.75) is 32.4 Å². The number of aliphatic hydroxyl groups is 1. The summed E-state index contributed by atoms with van der Waals surface area (Å²) in [5.41, 5.74) is 1.20. The average molecular weight is 280 g/mol. The van der Waals surface area contributed by atoms with Crippen LogP contribution < -0.4 is 10.2 Å². The van der Waals surface area contributed by atoms with E-state index in [-0.39, 0.29) is 6.10 Å². The van der Waals surface area contributed by atoms with Gasteiger partial charge in [0.1, 0.15) is 0 Å². The van der Waals surface area contributed by atoms with Gasteiger partial charge in [-0.1, -0.05) is 6.92 Å². The Morgan fingerprint density at radius 2 is 2.47 bits per heavy atom. The molecular formula is C13H20N4OS. The summed E-state index contributed by atoms with van der Waals surface area (Å²) in [6.07, 6.45) is 3.79. The van der Waals surface area contributed by atoms with Crippen LogP contribution in [0.5, 0.6) is 0 Å². The molecule has 0 saturated carbocycles. The zero-order chi connectivity index (χ0) is 13.2. The monoisotopic (exact) mass is 280 g/mol. The molecule has 3 rings (SSSR count). The Kier molecular flexibility index (Phi) is 3.72. The highest BCUT2D eigenvalue weighted by molar-refractivity contribution is 7.15. The van der Waals surface area contributed by atoms with Crippen LogP contribution in [0.4, 0.5) is 5.82 Å². The van der Waals surface area contributed by atoms with Gasteiger partial charge in [0.15, 0.2) is 10.8 Å². The van der Waals surface area contributed by atoms with Gasteiger partial charge in [0, 0.05) is 31.2 Å². The largest absolute Gasteiger partial charge is 0.391 e. The number of thiazole rings is 1. The first-order chi connectivity index (χ1) is 9.29. The summed E-state index contributed by atoms with van der Waals surface area (Å²) in [6.45, 7) is 5.55. The third-order valence-corrected chi connectivity index (χ3v) is 4.34. The molecule has 1 aliphatic rings. The number of aliphatic hydroxyl groups excluding tert-OH is 1. The molecule has 0 spiro atoms. The standard InChI is InChI=1S/C13H20N4OS/c1-2-14-8-11-12(15-13-17(11)6-7-19-13)16-5-3-4-10(18)9-16/h6-7,10,14,18H,2-5,8-9H2,1H3. The minimum Gasteiger partial charge on any atom is -0.391 e. The third kappa shape index (κ3) is 2.48. The van der Waals surface area contributed by atoms with E-state index in [4.69, 9.17) is 4.98 Å². The smallest absolute Gasteiger partial charge is 0.195 e. The van der Waals surface area contributed by atoms with E-state index >= 15 is 0 Å². The van der Waals surface area contributed by atoms with Gasteiger partial charge in [-0.15, -0.1) is 11.3 Å². The van der Waals surface area contributed by atoms with Gasteiger partial charge in [-0.25, -0.2) is 4.98 Å². The number of nitrogens with zero attached hydrogens (tertiary/aromatic N) is 3. The lowest BCUT2D eigenvalue weighted by Crippen LogP contribution is -2.39. The summed E-state index contributed by atoms with van der Waals surface area (Å²) in [4.78, 5) is 7.99. The van der Waals surface area contributed by atoms with E-state index in [1.54, 1.807) is 11.3 Å². The molecule has 0 radical (unpaired) electrons. The van der Waals surface area contributed by atoms with E-state index < -0.39 is 0 Å². The lowest BCUT2D eigenvalue weighted by atomic mass is 10.1. The van der Waals surface area contributed by atoms with E-state index in [0.717, 1.165) is 43.3 Å². The number of hydrogen-bond donors (Lipinski definition) is 2. The van der Waals surface area contributed by atoms with Crippen molar-refractivity contribution in [2.75, 3.05) is 24.5 Å². The Hall–Kier alpha value is -1.11. The normalized spacial score (nSPS) is 20.3. The highest BCUT2D eigenvalue weighted by Crippen LogP contribution is 2.27. The van der Waals surface area contributed by atoms with Crippen molar-refractivity contribution in [3.63, 3.8) is 0 Å². The SMILES string of the molecule is CCNCc1c(N2CCCC(O)C2)nc2sccn12. The number of imidazole rings is 1. The number of hydrogen-bond acceptors (Lipinski definition) is 5. The molecule has 1 atom stereocenters. The zero-order valence-corrected chi connectivity index (χ0v) is 12.0. The van der Waals surface area contributed by atoms with Crippen LogP contribution in [-0.2, 0) is 6.54 Å². The van der Waals surface area contributed by atoms with Crippen LogP contribution in [0.3, 0.4) is 0 Å². The van der Waals surface area contributed by atoms with Crippen molar-refractivity contribution in [1.29, 1.82) is 0 Å². The maximum atomic E-state index is 9.84. The quantitative estimate of drug-likeness (QED) is 0.890. The van der Waals surface area contributed by atoms with Crippen LogP contribution in [0, 0.1) is 0 Å². The Bertz CT molecular complexity index is 550. The van der Waals surface area contributed by atoms with Crippen LogP contribution in [0.2, 0.25) is 0 Å². The highest BCUT2D eigenvalue weighted by atomic mass is 32.1. The molecule has 0 bridgehead atoms. The number of rotatable bonds is 4. The molecule has 1 aliphatic heterocycles. The van der Waals surface area contributed by atoms with Crippen molar-refractivity contribution in [1.82, 2.24) is 14.7 Å². The predicted octanol–water partition coefficient (Wildman–Crippen LogP) is 1.47. The van der Waals surface area contributed by atoms with E-state index in [0.29, 0.717) is 6.54 Å². The second kappa shape index (κ2) is 5.48. The minimum absolute atomic E-state index is 0.222. The topological polar surface area (TPSA) is 52.8 Å². The van der Waals surface area contributed by atoms with Crippen LogP contribution in [0.25, 0.3) is 4.96 Å². The van der Waals surface area contributed by atoms with Gasteiger partial charge in [0.2, 0.25) is 0 Å². The molecule has 0 aromatic carbocycles. The minimum atomic E-state index is -0.222. The number of fused-ring (bicyclic) bond motifs is 1. The van der Waals surface area contributed by atoms with Gasteiger partial charge >= 0.3 is 0 Å². The molecule has 5 nitrogen and oxygen atoms in total. The van der Waals surface area contributed by atoms with E-state index in [1.807, 2.05) is 0 Å². The van der Waals surface area contributed by atoms with Gasteiger partial charge in [-0.3, -0.25) is 4.40 Å². The molecule has 6 heteroatoms. The Balaban J connectivity index is 1.94. The van der Waals surface area contributed by atoms with Crippen molar-refractivity contribution in [3.05, 3.63) is 17.3 Å². The number of β-amino-alcohol motifs (C(OH)–C–C–N with tert-alkyl or cyclic N) is 1. The molecule has 2 aromatic heterocycles. The van der Waals surface area contributed by atoms with Crippen LogP contribution >= 0.6 is 11.3 Å². The van der Waals surface area contributed by atoms with E-state index in [2.05, 4.69) is 33.1 Å². The summed E-state index contributed by atoms with van der Waals surface area (Å²) >= 11 is 1.66. The fraction of sp³-hybridized carbons (Fsp3) is 0.615. The molecule has 2 aromatic rings. The van der Waals surface area contributed by atoms with Gasteiger partial charge in [-0.2, -0.15) is 0 Å². The van der Waals surface area contributed by atoms with Gasteiger partial charge in [-0.05, 0) is 19.4 Å². The molecule has 3 heterocycles. The van der Waals surface area contributed by atoms with Crippen molar-refractivity contribution < 1.29 is 5.11 Å². The first-order valence-corrected chi connectivity index (χ1v) is 7.75. The first kappa shape index (κ1) is 12.9. The first-order valence-electron chi connectivity index (χ1n) is 6.87. The fourth-order valence-corrected chi connectivity index (χ4v) is 3.36. The Morgan fingerprint density at radius 3 is 3.26 bits per heavy atom.